The Labute approximate surface area is 212 Å². The van der Waals surface area contributed by atoms with Crippen LogP contribution in [0.15, 0.2) is 54.6 Å². The summed E-state index contributed by atoms with van der Waals surface area (Å²) in [5.41, 5.74) is 7.91. The number of carboxylic acids is 1. The number of carboxylic acid groups (broad SMARTS) is 1. The number of aryl methyl sites for hydroxylation is 2. The molecule has 188 valence electrons. The highest BCUT2D eigenvalue weighted by Gasteiger charge is 2.26. The number of ether oxygens (including phenoxy) is 3. The van der Waals surface area contributed by atoms with Gasteiger partial charge in [-0.1, -0.05) is 30.3 Å². The first-order valence-corrected chi connectivity index (χ1v) is 12.6. The lowest BCUT2D eigenvalue weighted by molar-refractivity contribution is -0.137. The van der Waals surface area contributed by atoms with E-state index in [1.165, 1.54) is 22.3 Å². The summed E-state index contributed by atoms with van der Waals surface area (Å²) in [5.74, 6) is 0.825. The zero-order valence-corrected chi connectivity index (χ0v) is 20.9. The highest BCUT2D eigenvalue weighted by molar-refractivity contribution is 5.72. The normalized spacial score (nSPS) is 18.6. The van der Waals surface area contributed by atoms with Gasteiger partial charge in [0, 0.05) is 18.0 Å². The van der Waals surface area contributed by atoms with Crippen LogP contribution in [0.25, 0.3) is 11.1 Å². The largest absolute Gasteiger partial charge is 0.493 e. The molecule has 36 heavy (non-hydrogen) atoms. The summed E-state index contributed by atoms with van der Waals surface area (Å²) in [6.45, 7) is 7.59. The maximum atomic E-state index is 11.1. The van der Waals surface area contributed by atoms with E-state index >= 15 is 0 Å². The van der Waals surface area contributed by atoms with Crippen molar-refractivity contribution < 1.29 is 24.1 Å². The molecule has 6 heteroatoms. The molecule has 3 aromatic carbocycles. The summed E-state index contributed by atoms with van der Waals surface area (Å²) in [4.78, 5) is 11.1. The van der Waals surface area contributed by atoms with Crippen LogP contribution < -0.4 is 14.8 Å². The molecule has 3 aromatic rings. The molecule has 6 nitrogen and oxygen atoms in total. The van der Waals surface area contributed by atoms with Gasteiger partial charge in [0.2, 0.25) is 0 Å². The van der Waals surface area contributed by atoms with Crippen LogP contribution in [0.1, 0.15) is 46.6 Å². The van der Waals surface area contributed by atoms with Gasteiger partial charge in [0.1, 0.15) is 17.6 Å². The quantitative estimate of drug-likeness (QED) is 0.422. The third-order valence-electron chi connectivity index (χ3n) is 6.96. The van der Waals surface area contributed by atoms with Crippen molar-refractivity contribution in [3.8, 4) is 22.6 Å². The molecule has 0 amide bonds. The van der Waals surface area contributed by atoms with Gasteiger partial charge in [-0.25, -0.2) is 0 Å². The lowest BCUT2D eigenvalue weighted by Gasteiger charge is -2.17. The maximum absolute atomic E-state index is 11.1. The Hall–Kier alpha value is -3.35. The van der Waals surface area contributed by atoms with E-state index in [2.05, 4.69) is 55.6 Å². The van der Waals surface area contributed by atoms with Crippen LogP contribution in [0.5, 0.6) is 11.5 Å². The van der Waals surface area contributed by atoms with Gasteiger partial charge in [-0.05, 0) is 84.5 Å². The first-order chi connectivity index (χ1) is 17.5. The van der Waals surface area contributed by atoms with Crippen LogP contribution in [0.2, 0.25) is 0 Å². The standard InChI is InChI=1S/C30H33NO5/c1-19-10-26(36-25-8-9-31-15-25)11-20(2)30(19)23-5-3-4-21(12-23)16-34-17-22-6-7-27-24(14-29(32)33)18-35-28(27)13-22/h3-7,10-13,24-25,31H,8-9,14-18H2,1-2H3,(H,32,33)/t24-,25+/m1/s1. The Bertz CT molecular complexity index is 1220. The van der Waals surface area contributed by atoms with Crippen molar-refractivity contribution in [3.05, 3.63) is 82.4 Å². The van der Waals surface area contributed by atoms with Gasteiger partial charge in [0.05, 0.1) is 26.2 Å². The molecule has 1 fully saturated rings. The predicted molar refractivity (Wildman–Crippen MR) is 139 cm³/mol. The SMILES string of the molecule is Cc1cc(O[C@H]2CCNC2)cc(C)c1-c1cccc(COCc2ccc3c(c2)OC[C@H]3CC(=O)O)c1. The lowest BCUT2D eigenvalue weighted by atomic mass is 9.94. The second-order valence-electron chi connectivity index (χ2n) is 9.84. The summed E-state index contributed by atoms with van der Waals surface area (Å²) >= 11 is 0. The molecule has 2 aliphatic heterocycles. The van der Waals surface area contributed by atoms with E-state index in [4.69, 9.17) is 19.3 Å². The van der Waals surface area contributed by atoms with Gasteiger partial charge >= 0.3 is 5.97 Å². The smallest absolute Gasteiger partial charge is 0.304 e. The topological polar surface area (TPSA) is 77.0 Å². The molecule has 2 aliphatic rings. The third kappa shape index (κ3) is 5.55. The van der Waals surface area contributed by atoms with Gasteiger partial charge in [-0.2, -0.15) is 0 Å². The molecule has 0 bridgehead atoms. The summed E-state index contributed by atoms with van der Waals surface area (Å²) in [6.07, 6.45) is 1.39. The molecule has 0 aromatic heterocycles. The monoisotopic (exact) mass is 487 g/mol. The third-order valence-corrected chi connectivity index (χ3v) is 6.96. The first-order valence-electron chi connectivity index (χ1n) is 12.6. The number of fused-ring (bicyclic) bond motifs is 1. The molecular formula is C30H33NO5. The summed E-state index contributed by atoms with van der Waals surface area (Å²) in [5, 5.41) is 12.4. The van der Waals surface area contributed by atoms with Crippen molar-refractivity contribution in [3.63, 3.8) is 0 Å². The van der Waals surface area contributed by atoms with Crippen LogP contribution in [-0.2, 0) is 22.7 Å². The Kier molecular flexibility index (Phi) is 7.25. The van der Waals surface area contributed by atoms with E-state index in [0.29, 0.717) is 19.8 Å². The van der Waals surface area contributed by atoms with Gasteiger partial charge in [0.15, 0.2) is 0 Å². The number of aliphatic carboxylic acids is 1. The highest BCUT2D eigenvalue weighted by Crippen LogP contribution is 2.37. The zero-order chi connectivity index (χ0) is 25.1. The lowest BCUT2D eigenvalue weighted by Crippen LogP contribution is -2.19. The fraction of sp³-hybridized carbons (Fsp3) is 0.367. The van der Waals surface area contributed by atoms with Crippen molar-refractivity contribution in [2.24, 2.45) is 0 Å². The van der Waals surface area contributed by atoms with E-state index < -0.39 is 5.97 Å². The van der Waals surface area contributed by atoms with Crippen molar-refractivity contribution in [2.45, 2.75) is 51.9 Å². The minimum atomic E-state index is -0.803. The second kappa shape index (κ2) is 10.7. The summed E-state index contributed by atoms with van der Waals surface area (Å²) < 4.78 is 17.9. The average Bonchev–Trinajstić information content (AvgIpc) is 3.48. The number of carbonyl (C=O) groups is 1. The average molecular weight is 488 g/mol. The maximum Gasteiger partial charge on any atom is 0.304 e. The van der Waals surface area contributed by atoms with Crippen molar-refractivity contribution in [2.75, 3.05) is 19.7 Å². The highest BCUT2D eigenvalue weighted by atomic mass is 16.5. The molecule has 2 heterocycles. The minimum absolute atomic E-state index is 0.0810. The fourth-order valence-electron chi connectivity index (χ4n) is 5.26. The van der Waals surface area contributed by atoms with E-state index in [1.54, 1.807) is 0 Å². The van der Waals surface area contributed by atoms with Crippen LogP contribution in [0.3, 0.4) is 0 Å². The van der Waals surface area contributed by atoms with Gasteiger partial charge < -0.3 is 24.6 Å². The van der Waals surface area contributed by atoms with Gasteiger partial charge in [0.25, 0.3) is 0 Å². The molecular weight excluding hydrogens is 454 g/mol. The molecule has 0 radical (unpaired) electrons. The van der Waals surface area contributed by atoms with Crippen LogP contribution >= 0.6 is 0 Å². The number of nitrogens with one attached hydrogen (secondary N) is 1. The van der Waals surface area contributed by atoms with Crippen LogP contribution in [-0.4, -0.2) is 36.9 Å². The Morgan fingerprint density at radius 1 is 1.06 bits per heavy atom. The van der Waals surface area contributed by atoms with E-state index in [1.807, 2.05) is 18.2 Å². The molecule has 0 aliphatic carbocycles. The van der Waals surface area contributed by atoms with Crippen molar-refractivity contribution in [1.82, 2.24) is 5.32 Å². The molecule has 0 saturated carbocycles. The van der Waals surface area contributed by atoms with E-state index in [0.717, 1.165) is 47.7 Å². The fourth-order valence-corrected chi connectivity index (χ4v) is 5.26. The van der Waals surface area contributed by atoms with Crippen molar-refractivity contribution in [1.29, 1.82) is 0 Å². The molecule has 2 atom stereocenters. The Morgan fingerprint density at radius 2 is 1.83 bits per heavy atom. The zero-order valence-electron chi connectivity index (χ0n) is 20.9. The predicted octanol–water partition coefficient (Wildman–Crippen LogP) is 5.38. The number of benzene rings is 3. The molecule has 0 unspecified atom stereocenters. The minimum Gasteiger partial charge on any atom is -0.493 e. The Morgan fingerprint density at radius 3 is 2.56 bits per heavy atom. The van der Waals surface area contributed by atoms with Crippen molar-refractivity contribution >= 4 is 5.97 Å². The van der Waals surface area contributed by atoms with Gasteiger partial charge in [-0.15, -0.1) is 0 Å². The van der Waals surface area contributed by atoms with Crippen LogP contribution in [0.4, 0.5) is 0 Å². The summed E-state index contributed by atoms with van der Waals surface area (Å²) in [6, 6.07) is 18.7. The van der Waals surface area contributed by atoms with E-state index in [-0.39, 0.29) is 18.4 Å². The molecule has 5 rings (SSSR count). The number of rotatable bonds is 9. The Balaban J connectivity index is 1.22. The molecule has 1 saturated heterocycles. The van der Waals surface area contributed by atoms with Crippen LogP contribution in [0, 0.1) is 13.8 Å². The number of hydrogen-bond donors (Lipinski definition) is 2. The molecule has 2 N–H and O–H groups in total. The van der Waals surface area contributed by atoms with E-state index in [9.17, 15) is 4.79 Å². The number of hydrogen-bond acceptors (Lipinski definition) is 5. The van der Waals surface area contributed by atoms with Gasteiger partial charge in [-0.3, -0.25) is 4.79 Å². The summed E-state index contributed by atoms with van der Waals surface area (Å²) in [7, 11) is 0. The second-order valence-corrected chi connectivity index (χ2v) is 9.84. The first kappa shape index (κ1) is 24.3. The molecule has 0 spiro atoms.